The second-order valence-electron chi connectivity index (χ2n) is 6.57. The normalized spacial score (nSPS) is 12.5. The van der Waals surface area contributed by atoms with E-state index < -0.39 is 6.04 Å². The van der Waals surface area contributed by atoms with Crippen molar-refractivity contribution in [2.24, 2.45) is 0 Å². The molecule has 1 N–H and O–H groups in total. The standard InChI is InChI=1S/C20H19BrN4O3/c1-3-15(19(26)22-11-13-6-4-5-7-14(13)21)25-20(27)17-10-18-16(8-9-28-18)24(17)12(2)23-25/h4-10,15H,3,11H2,1-2H3,(H,22,26)/t15-/m0/s1. The summed E-state index contributed by atoms with van der Waals surface area (Å²) in [5.41, 5.74) is 2.49. The second kappa shape index (κ2) is 7.27. The van der Waals surface area contributed by atoms with E-state index in [-0.39, 0.29) is 11.5 Å². The number of furan rings is 1. The zero-order chi connectivity index (χ0) is 19.8. The number of carbonyl (C=O) groups excluding carboxylic acids is 1. The van der Waals surface area contributed by atoms with Crippen LogP contribution in [0.2, 0.25) is 0 Å². The van der Waals surface area contributed by atoms with Crippen LogP contribution in [0.1, 0.15) is 30.8 Å². The van der Waals surface area contributed by atoms with E-state index in [0.29, 0.717) is 29.9 Å². The summed E-state index contributed by atoms with van der Waals surface area (Å²) in [7, 11) is 0. The summed E-state index contributed by atoms with van der Waals surface area (Å²) in [6, 6.07) is 10.5. The number of aryl methyl sites for hydroxylation is 1. The topological polar surface area (TPSA) is 81.5 Å². The molecule has 0 aliphatic rings. The smallest absolute Gasteiger partial charge is 0.291 e. The number of benzene rings is 1. The number of rotatable bonds is 5. The molecule has 4 rings (SSSR count). The van der Waals surface area contributed by atoms with E-state index in [1.54, 1.807) is 29.7 Å². The highest BCUT2D eigenvalue weighted by atomic mass is 79.9. The molecule has 0 aliphatic carbocycles. The summed E-state index contributed by atoms with van der Waals surface area (Å²) >= 11 is 3.48. The predicted molar refractivity (Wildman–Crippen MR) is 109 cm³/mol. The maximum atomic E-state index is 13.0. The summed E-state index contributed by atoms with van der Waals surface area (Å²) in [4.78, 5) is 25.9. The average Bonchev–Trinajstić information content (AvgIpc) is 3.27. The van der Waals surface area contributed by atoms with Crippen LogP contribution >= 0.6 is 15.9 Å². The van der Waals surface area contributed by atoms with Gasteiger partial charge in [0, 0.05) is 23.2 Å². The van der Waals surface area contributed by atoms with Crippen molar-refractivity contribution in [3.63, 3.8) is 0 Å². The van der Waals surface area contributed by atoms with Crippen LogP contribution in [-0.2, 0) is 11.3 Å². The van der Waals surface area contributed by atoms with E-state index in [1.807, 2.05) is 31.2 Å². The molecule has 4 aromatic rings. The molecule has 7 nitrogen and oxygen atoms in total. The predicted octanol–water partition coefficient (Wildman–Crippen LogP) is 3.58. The molecule has 0 spiro atoms. The van der Waals surface area contributed by atoms with Gasteiger partial charge in [0.25, 0.3) is 5.56 Å². The van der Waals surface area contributed by atoms with Crippen LogP contribution in [0.4, 0.5) is 0 Å². The lowest BCUT2D eigenvalue weighted by atomic mass is 10.2. The van der Waals surface area contributed by atoms with Gasteiger partial charge in [-0.1, -0.05) is 41.1 Å². The van der Waals surface area contributed by atoms with Gasteiger partial charge < -0.3 is 9.73 Å². The fraction of sp³-hybridized carbons (Fsp3) is 0.250. The third-order valence-corrected chi connectivity index (χ3v) is 5.60. The number of nitrogens with one attached hydrogen (secondary N) is 1. The van der Waals surface area contributed by atoms with Gasteiger partial charge in [-0.2, -0.15) is 5.10 Å². The van der Waals surface area contributed by atoms with Crippen molar-refractivity contribution in [1.82, 2.24) is 19.5 Å². The quantitative estimate of drug-likeness (QED) is 0.511. The Labute approximate surface area is 169 Å². The highest BCUT2D eigenvalue weighted by Crippen LogP contribution is 2.21. The Bertz CT molecular complexity index is 1240. The summed E-state index contributed by atoms with van der Waals surface area (Å²) in [5, 5.41) is 7.33. The van der Waals surface area contributed by atoms with Crippen molar-refractivity contribution in [2.45, 2.75) is 32.9 Å². The van der Waals surface area contributed by atoms with Crippen molar-refractivity contribution in [2.75, 3.05) is 0 Å². The number of amides is 1. The molecule has 0 bridgehead atoms. The summed E-state index contributed by atoms with van der Waals surface area (Å²) < 4.78 is 9.36. The number of hydrogen-bond acceptors (Lipinski definition) is 4. The molecule has 1 amide bonds. The van der Waals surface area contributed by atoms with Gasteiger partial charge in [0.2, 0.25) is 5.91 Å². The molecule has 3 aromatic heterocycles. The molecular formula is C20H19BrN4O3. The van der Waals surface area contributed by atoms with Gasteiger partial charge in [0.05, 0.1) is 11.8 Å². The molecule has 0 fully saturated rings. The molecule has 0 radical (unpaired) electrons. The van der Waals surface area contributed by atoms with Gasteiger partial charge in [-0.25, -0.2) is 4.68 Å². The third kappa shape index (κ3) is 3.03. The first-order valence-electron chi connectivity index (χ1n) is 9.00. The van der Waals surface area contributed by atoms with Crippen LogP contribution in [0.15, 0.2) is 56.3 Å². The lowest BCUT2D eigenvalue weighted by Gasteiger charge is -2.18. The largest absolute Gasteiger partial charge is 0.463 e. The lowest BCUT2D eigenvalue weighted by Crippen LogP contribution is -2.39. The zero-order valence-corrected chi connectivity index (χ0v) is 17.1. The van der Waals surface area contributed by atoms with Crippen LogP contribution in [-0.4, -0.2) is 20.1 Å². The maximum Gasteiger partial charge on any atom is 0.291 e. The van der Waals surface area contributed by atoms with Crippen molar-refractivity contribution in [1.29, 1.82) is 0 Å². The fourth-order valence-corrected chi connectivity index (χ4v) is 3.84. The van der Waals surface area contributed by atoms with Crippen LogP contribution in [0, 0.1) is 6.92 Å². The average molecular weight is 443 g/mol. The molecule has 0 saturated heterocycles. The first-order chi connectivity index (χ1) is 13.5. The molecule has 0 aliphatic heterocycles. The Kier molecular flexibility index (Phi) is 4.80. The lowest BCUT2D eigenvalue weighted by molar-refractivity contribution is -0.125. The van der Waals surface area contributed by atoms with E-state index in [2.05, 4.69) is 26.3 Å². The Morgan fingerprint density at radius 1 is 1.29 bits per heavy atom. The van der Waals surface area contributed by atoms with Crippen LogP contribution in [0.25, 0.3) is 16.6 Å². The van der Waals surface area contributed by atoms with Crippen LogP contribution in [0.5, 0.6) is 0 Å². The summed E-state index contributed by atoms with van der Waals surface area (Å²) in [5.74, 6) is 0.370. The van der Waals surface area contributed by atoms with Gasteiger partial charge in [0.15, 0.2) is 5.58 Å². The molecule has 1 atom stereocenters. The summed E-state index contributed by atoms with van der Waals surface area (Å²) in [6.07, 6.45) is 2.02. The van der Waals surface area contributed by atoms with E-state index in [0.717, 1.165) is 15.6 Å². The van der Waals surface area contributed by atoms with E-state index in [1.165, 1.54) is 4.68 Å². The van der Waals surface area contributed by atoms with Crippen LogP contribution < -0.4 is 10.9 Å². The van der Waals surface area contributed by atoms with Crippen molar-refractivity contribution in [3.05, 3.63) is 68.9 Å². The van der Waals surface area contributed by atoms with E-state index in [9.17, 15) is 9.59 Å². The van der Waals surface area contributed by atoms with Gasteiger partial charge in [-0.15, -0.1) is 0 Å². The van der Waals surface area contributed by atoms with Gasteiger partial charge in [0.1, 0.15) is 17.4 Å². The van der Waals surface area contributed by atoms with Gasteiger partial charge in [-0.05, 0) is 25.0 Å². The number of halogens is 1. The molecule has 0 unspecified atom stereocenters. The SMILES string of the molecule is CC[C@@H](C(=O)NCc1ccccc1Br)n1nc(C)n2c(cc3occc32)c1=O. The zero-order valence-electron chi connectivity index (χ0n) is 15.5. The molecule has 1 aromatic carbocycles. The first-order valence-corrected chi connectivity index (χ1v) is 9.79. The summed E-state index contributed by atoms with van der Waals surface area (Å²) in [6.45, 7) is 4.03. The highest BCUT2D eigenvalue weighted by Gasteiger charge is 2.24. The monoisotopic (exact) mass is 442 g/mol. The molecule has 28 heavy (non-hydrogen) atoms. The number of carbonyl (C=O) groups is 1. The Balaban J connectivity index is 1.68. The minimum atomic E-state index is -0.695. The minimum absolute atomic E-state index is 0.244. The maximum absolute atomic E-state index is 13.0. The van der Waals surface area contributed by atoms with Crippen molar-refractivity contribution >= 4 is 38.5 Å². The highest BCUT2D eigenvalue weighted by molar-refractivity contribution is 9.10. The minimum Gasteiger partial charge on any atom is -0.463 e. The Hall–Kier alpha value is -2.87. The first kappa shape index (κ1) is 18.5. The number of nitrogens with zero attached hydrogens (tertiary/aromatic N) is 3. The number of hydrogen-bond donors (Lipinski definition) is 1. The van der Waals surface area contributed by atoms with E-state index in [4.69, 9.17) is 4.42 Å². The van der Waals surface area contributed by atoms with Gasteiger partial charge in [-0.3, -0.25) is 14.0 Å². The molecule has 3 heterocycles. The van der Waals surface area contributed by atoms with Crippen LogP contribution in [0.3, 0.4) is 0 Å². The fourth-order valence-electron chi connectivity index (χ4n) is 3.42. The molecule has 0 saturated carbocycles. The number of fused-ring (bicyclic) bond motifs is 3. The van der Waals surface area contributed by atoms with Crippen molar-refractivity contribution < 1.29 is 9.21 Å². The van der Waals surface area contributed by atoms with E-state index >= 15 is 0 Å². The third-order valence-electron chi connectivity index (χ3n) is 4.82. The molecular weight excluding hydrogens is 424 g/mol. The van der Waals surface area contributed by atoms with Crippen molar-refractivity contribution in [3.8, 4) is 0 Å². The Morgan fingerprint density at radius 3 is 2.82 bits per heavy atom. The number of aromatic nitrogens is 3. The van der Waals surface area contributed by atoms with Gasteiger partial charge >= 0.3 is 0 Å². The second-order valence-corrected chi connectivity index (χ2v) is 7.42. The Morgan fingerprint density at radius 2 is 2.07 bits per heavy atom. The molecule has 8 heteroatoms. The molecule has 144 valence electrons.